The molecule has 0 saturated heterocycles. The normalized spacial score (nSPS) is 13.0. The highest BCUT2D eigenvalue weighted by atomic mass is 32.2. The highest BCUT2D eigenvalue weighted by Gasteiger charge is 2.11. The van der Waals surface area contributed by atoms with E-state index < -0.39 is 9.84 Å². The van der Waals surface area contributed by atoms with Gasteiger partial charge in [0.2, 0.25) is 0 Å². The first-order chi connectivity index (χ1) is 8.81. The van der Waals surface area contributed by atoms with Gasteiger partial charge in [0.15, 0.2) is 9.84 Å². The summed E-state index contributed by atoms with van der Waals surface area (Å²) in [5.74, 6) is -0.304. The molecule has 106 valence electrons. The van der Waals surface area contributed by atoms with Crippen LogP contribution in [0, 0.1) is 0 Å². The van der Waals surface area contributed by atoms with Gasteiger partial charge >= 0.3 is 0 Å². The molecule has 1 aromatic rings. The molecule has 0 heterocycles. The maximum atomic E-state index is 11.9. The lowest BCUT2D eigenvalue weighted by molar-refractivity contribution is 0.0905. The second kappa shape index (κ2) is 6.68. The van der Waals surface area contributed by atoms with E-state index in [0.29, 0.717) is 17.7 Å². The van der Waals surface area contributed by atoms with Gasteiger partial charge in [-0.1, -0.05) is 12.1 Å². The third-order valence-electron chi connectivity index (χ3n) is 2.41. The van der Waals surface area contributed by atoms with Crippen molar-refractivity contribution in [1.82, 2.24) is 5.32 Å². The number of benzene rings is 1. The topological polar surface area (TPSA) is 72.5 Å². The van der Waals surface area contributed by atoms with Gasteiger partial charge in [-0.25, -0.2) is 8.42 Å². The number of amides is 1. The molecule has 1 aromatic carbocycles. The largest absolute Gasteiger partial charge is 0.383 e. The zero-order chi connectivity index (χ0) is 14.5. The molecule has 0 aliphatic carbocycles. The lowest BCUT2D eigenvalue weighted by Gasteiger charge is -2.13. The van der Waals surface area contributed by atoms with Gasteiger partial charge in [-0.05, 0) is 24.6 Å². The number of nitrogens with one attached hydrogen (secondary N) is 1. The molecule has 1 atom stereocenters. The van der Waals surface area contributed by atoms with E-state index in [1.807, 2.05) is 6.92 Å². The Morgan fingerprint density at radius 1 is 1.42 bits per heavy atom. The van der Waals surface area contributed by atoms with E-state index in [9.17, 15) is 13.2 Å². The van der Waals surface area contributed by atoms with Gasteiger partial charge in [0.05, 0.1) is 12.4 Å². The third-order valence-corrected chi connectivity index (χ3v) is 3.27. The molecule has 19 heavy (non-hydrogen) atoms. The third kappa shape index (κ3) is 5.85. The number of hydrogen-bond acceptors (Lipinski definition) is 4. The quantitative estimate of drug-likeness (QED) is 0.846. The maximum absolute atomic E-state index is 11.9. The fraction of sp³-hybridized carbons (Fsp3) is 0.462. The monoisotopic (exact) mass is 285 g/mol. The Labute approximate surface area is 113 Å². The molecule has 5 nitrogen and oxygen atoms in total. The number of rotatable bonds is 6. The van der Waals surface area contributed by atoms with Crippen LogP contribution in [0.5, 0.6) is 0 Å². The van der Waals surface area contributed by atoms with Crippen LogP contribution in [0.2, 0.25) is 0 Å². The lowest BCUT2D eigenvalue weighted by atomic mass is 10.1. The minimum absolute atomic E-state index is 0.0677. The zero-order valence-corrected chi connectivity index (χ0v) is 12.2. The van der Waals surface area contributed by atoms with Gasteiger partial charge in [-0.3, -0.25) is 4.79 Å². The summed E-state index contributed by atoms with van der Waals surface area (Å²) in [6, 6.07) is 6.51. The summed E-state index contributed by atoms with van der Waals surface area (Å²) in [4.78, 5) is 11.9. The van der Waals surface area contributed by atoms with E-state index in [1.54, 1.807) is 31.4 Å². The summed E-state index contributed by atoms with van der Waals surface area (Å²) < 4.78 is 27.4. The number of sulfone groups is 1. The Morgan fingerprint density at radius 3 is 2.68 bits per heavy atom. The van der Waals surface area contributed by atoms with E-state index in [-0.39, 0.29) is 17.7 Å². The van der Waals surface area contributed by atoms with Crippen molar-refractivity contribution in [2.75, 3.05) is 20.0 Å². The van der Waals surface area contributed by atoms with Crippen molar-refractivity contribution in [2.24, 2.45) is 0 Å². The van der Waals surface area contributed by atoms with Crippen LogP contribution in [-0.4, -0.2) is 40.3 Å². The van der Waals surface area contributed by atoms with E-state index >= 15 is 0 Å². The first-order valence-corrected chi connectivity index (χ1v) is 7.94. The van der Waals surface area contributed by atoms with Crippen LogP contribution >= 0.6 is 0 Å². The molecule has 0 aliphatic rings. The Hall–Kier alpha value is -1.40. The molecule has 0 aromatic heterocycles. The smallest absolute Gasteiger partial charge is 0.251 e. The van der Waals surface area contributed by atoms with Crippen molar-refractivity contribution >= 4 is 15.7 Å². The summed E-state index contributed by atoms with van der Waals surface area (Å²) in [7, 11) is -1.54. The average Bonchev–Trinajstić information content (AvgIpc) is 2.27. The van der Waals surface area contributed by atoms with Crippen molar-refractivity contribution in [2.45, 2.75) is 18.7 Å². The molecule has 0 spiro atoms. The number of carbonyl (C=O) groups excluding carboxylic acids is 1. The van der Waals surface area contributed by atoms with Gasteiger partial charge in [0, 0.05) is 25.0 Å². The molecule has 0 radical (unpaired) electrons. The summed E-state index contributed by atoms with van der Waals surface area (Å²) in [6.07, 6.45) is 1.17. The van der Waals surface area contributed by atoms with Crippen LogP contribution in [0.25, 0.3) is 0 Å². The minimum atomic E-state index is -3.10. The Balaban J connectivity index is 2.78. The van der Waals surface area contributed by atoms with E-state index in [0.717, 1.165) is 0 Å². The van der Waals surface area contributed by atoms with Crippen LogP contribution in [-0.2, 0) is 20.3 Å². The van der Waals surface area contributed by atoms with Crippen LogP contribution in [0.1, 0.15) is 22.8 Å². The fourth-order valence-corrected chi connectivity index (χ4v) is 2.49. The second-order valence-electron chi connectivity index (χ2n) is 4.60. The molecule has 0 aliphatic heterocycles. The van der Waals surface area contributed by atoms with E-state index in [2.05, 4.69) is 5.32 Å². The van der Waals surface area contributed by atoms with Crippen LogP contribution in [0.3, 0.4) is 0 Å². The van der Waals surface area contributed by atoms with E-state index in [1.165, 1.54) is 6.26 Å². The molecule has 6 heteroatoms. The molecular formula is C13H19NO4S. The van der Waals surface area contributed by atoms with Gasteiger partial charge in [0.1, 0.15) is 0 Å². The first-order valence-electron chi connectivity index (χ1n) is 5.88. The standard InChI is InChI=1S/C13H19NO4S/c1-10(8-18-2)14-13(15)12-6-4-5-11(7-12)9-19(3,16)17/h4-7,10H,8-9H2,1-3H3,(H,14,15). The highest BCUT2D eigenvalue weighted by Crippen LogP contribution is 2.09. The fourth-order valence-electron chi connectivity index (χ4n) is 1.70. The summed E-state index contributed by atoms with van der Waals surface area (Å²) in [6.45, 7) is 2.26. The SMILES string of the molecule is COCC(C)NC(=O)c1cccc(CS(C)(=O)=O)c1. The summed E-state index contributed by atoms with van der Waals surface area (Å²) in [5.41, 5.74) is 1.05. The van der Waals surface area contributed by atoms with Gasteiger partial charge < -0.3 is 10.1 Å². The number of methoxy groups -OCH3 is 1. The molecule has 1 rings (SSSR count). The molecule has 0 fully saturated rings. The van der Waals surface area contributed by atoms with Gasteiger partial charge in [-0.15, -0.1) is 0 Å². The van der Waals surface area contributed by atoms with Crippen molar-refractivity contribution in [1.29, 1.82) is 0 Å². The molecule has 0 bridgehead atoms. The molecule has 1 N–H and O–H groups in total. The van der Waals surface area contributed by atoms with Crippen LogP contribution < -0.4 is 5.32 Å². The number of ether oxygens (including phenoxy) is 1. The molecule has 1 amide bonds. The average molecular weight is 285 g/mol. The van der Waals surface area contributed by atoms with Crippen LogP contribution in [0.15, 0.2) is 24.3 Å². The number of hydrogen-bond donors (Lipinski definition) is 1. The predicted octanol–water partition coefficient (Wildman–Crippen LogP) is 0.996. The van der Waals surface area contributed by atoms with Crippen molar-refractivity contribution < 1.29 is 17.9 Å². The lowest BCUT2D eigenvalue weighted by Crippen LogP contribution is -2.35. The van der Waals surface area contributed by atoms with Crippen molar-refractivity contribution in [3.8, 4) is 0 Å². The zero-order valence-electron chi connectivity index (χ0n) is 11.3. The maximum Gasteiger partial charge on any atom is 0.251 e. The Kier molecular flexibility index (Phi) is 5.50. The first kappa shape index (κ1) is 15.7. The Morgan fingerprint density at radius 2 is 2.11 bits per heavy atom. The van der Waals surface area contributed by atoms with E-state index in [4.69, 9.17) is 4.74 Å². The summed E-state index contributed by atoms with van der Waals surface area (Å²) >= 11 is 0. The van der Waals surface area contributed by atoms with Crippen molar-refractivity contribution in [3.05, 3.63) is 35.4 Å². The minimum Gasteiger partial charge on any atom is -0.383 e. The molecular weight excluding hydrogens is 266 g/mol. The second-order valence-corrected chi connectivity index (χ2v) is 6.74. The molecule has 1 unspecified atom stereocenters. The number of carbonyl (C=O) groups is 1. The predicted molar refractivity (Wildman–Crippen MR) is 73.8 cm³/mol. The highest BCUT2D eigenvalue weighted by molar-refractivity contribution is 7.89. The molecule has 0 saturated carbocycles. The van der Waals surface area contributed by atoms with Gasteiger partial charge in [0.25, 0.3) is 5.91 Å². The van der Waals surface area contributed by atoms with Crippen LogP contribution in [0.4, 0.5) is 0 Å². The summed E-state index contributed by atoms with van der Waals surface area (Å²) in [5, 5.41) is 2.77. The van der Waals surface area contributed by atoms with Gasteiger partial charge in [-0.2, -0.15) is 0 Å². The van der Waals surface area contributed by atoms with Crippen molar-refractivity contribution in [3.63, 3.8) is 0 Å². The Bertz CT molecular complexity index is 539.